The summed E-state index contributed by atoms with van der Waals surface area (Å²) >= 11 is 0. The number of benzene rings is 1. The molecule has 4 heteroatoms. The lowest BCUT2D eigenvalue weighted by Crippen LogP contribution is -2.16. The Labute approximate surface area is 94.9 Å². The number of aromatic nitrogens is 3. The van der Waals surface area contributed by atoms with Crippen LogP contribution in [0.4, 0.5) is 0 Å². The molecule has 0 bridgehead atoms. The topological polar surface area (TPSA) is 39.9 Å². The van der Waals surface area contributed by atoms with Crippen molar-refractivity contribution in [2.45, 2.75) is 26.0 Å². The van der Waals surface area contributed by atoms with Gasteiger partial charge in [-0.3, -0.25) is 0 Å². The first-order valence-corrected chi connectivity index (χ1v) is 5.47. The second-order valence-electron chi connectivity index (χ2n) is 3.56. The van der Waals surface area contributed by atoms with E-state index in [0.29, 0.717) is 0 Å². The largest absolute Gasteiger partial charge is 0.469 e. The lowest BCUT2D eigenvalue weighted by molar-refractivity contribution is 0.105. The molecular formula is C12H15N3O. The van der Waals surface area contributed by atoms with Crippen LogP contribution in [0.15, 0.2) is 42.7 Å². The predicted octanol–water partition coefficient (Wildman–Crippen LogP) is 2.66. The van der Waals surface area contributed by atoms with Gasteiger partial charge in [0.15, 0.2) is 6.23 Å². The van der Waals surface area contributed by atoms with E-state index in [2.05, 4.69) is 17.2 Å². The summed E-state index contributed by atoms with van der Waals surface area (Å²) in [5.74, 6) is 0.858. The van der Waals surface area contributed by atoms with Gasteiger partial charge in [-0.05, 0) is 12.1 Å². The number of hydrogen-bond donors (Lipinski definition) is 0. The smallest absolute Gasteiger partial charge is 0.193 e. The third-order valence-corrected chi connectivity index (χ3v) is 2.29. The van der Waals surface area contributed by atoms with E-state index in [1.165, 1.54) is 0 Å². The van der Waals surface area contributed by atoms with Crippen LogP contribution in [0.2, 0.25) is 0 Å². The highest BCUT2D eigenvalue weighted by Crippen LogP contribution is 2.19. The number of rotatable bonds is 5. The van der Waals surface area contributed by atoms with Crippen molar-refractivity contribution in [1.29, 1.82) is 0 Å². The van der Waals surface area contributed by atoms with E-state index >= 15 is 0 Å². The fraction of sp³-hybridized carbons (Fsp3) is 0.333. The molecule has 0 fully saturated rings. The molecule has 2 rings (SSSR count). The molecule has 1 aromatic carbocycles. The van der Waals surface area contributed by atoms with Crippen molar-refractivity contribution in [3.63, 3.8) is 0 Å². The molecule has 0 aliphatic heterocycles. The molecule has 0 spiro atoms. The average molecular weight is 217 g/mol. The van der Waals surface area contributed by atoms with Gasteiger partial charge in [-0.1, -0.05) is 36.8 Å². The van der Waals surface area contributed by atoms with Crippen molar-refractivity contribution in [2.75, 3.05) is 0 Å². The van der Waals surface area contributed by atoms with Crippen LogP contribution in [0.5, 0.6) is 5.75 Å². The molecule has 1 atom stereocenters. The first kappa shape index (κ1) is 10.7. The van der Waals surface area contributed by atoms with Gasteiger partial charge >= 0.3 is 0 Å². The highest BCUT2D eigenvalue weighted by molar-refractivity contribution is 5.21. The van der Waals surface area contributed by atoms with Crippen molar-refractivity contribution in [1.82, 2.24) is 15.0 Å². The third kappa shape index (κ3) is 2.59. The van der Waals surface area contributed by atoms with Gasteiger partial charge < -0.3 is 4.74 Å². The molecule has 0 aliphatic rings. The van der Waals surface area contributed by atoms with Gasteiger partial charge in [0.25, 0.3) is 0 Å². The fourth-order valence-electron chi connectivity index (χ4n) is 1.52. The van der Waals surface area contributed by atoms with Gasteiger partial charge in [-0.2, -0.15) is 0 Å². The summed E-state index contributed by atoms with van der Waals surface area (Å²) in [6, 6.07) is 9.77. The summed E-state index contributed by atoms with van der Waals surface area (Å²) in [7, 11) is 0. The highest BCUT2D eigenvalue weighted by Gasteiger charge is 2.11. The lowest BCUT2D eigenvalue weighted by Gasteiger charge is -2.18. The van der Waals surface area contributed by atoms with Gasteiger partial charge in [-0.25, -0.2) is 4.68 Å². The number of ether oxygens (including phenoxy) is 1. The molecule has 4 nitrogen and oxygen atoms in total. The predicted molar refractivity (Wildman–Crippen MR) is 61.0 cm³/mol. The van der Waals surface area contributed by atoms with Gasteiger partial charge in [0, 0.05) is 12.6 Å². The van der Waals surface area contributed by atoms with Gasteiger partial charge in [-0.15, -0.1) is 5.10 Å². The SMILES string of the molecule is CCCC(Oc1ccccc1)n1ccnn1. The van der Waals surface area contributed by atoms with Crippen LogP contribution in [-0.4, -0.2) is 15.0 Å². The highest BCUT2D eigenvalue weighted by atomic mass is 16.5. The lowest BCUT2D eigenvalue weighted by atomic mass is 10.3. The van der Waals surface area contributed by atoms with Gasteiger partial charge in [0.05, 0.1) is 6.20 Å². The molecule has 0 radical (unpaired) electrons. The monoisotopic (exact) mass is 217 g/mol. The molecule has 1 unspecified atom stereocenters. The molecule has 0 saturated carbocycles. The minimum Gasteiger partial charge on any atom is -0.469 e. The summed E-state index contributed by atoms with van der Waals surface area (Å²) < 4.78 is 7.61. The summed E-state index contributed by atoms with van der Waals surface area (Å²) in [6.45, 7) is 2.12. The Morgan fingerprint density at radius 1 is 1.31 bits per heavy atom. The van der Waals surface area contributed by atoms with Crippen LogP contribution in [0.3, 0.4) is 0 Å². The minimum atomic E-state index is -0.0742. The Bertz CT molecular complexity index is 399. The first-order chi connectivity index (χ1) is 7.90. The molecule has 16 heavy (non-hydrogen) atoms. The van der Waals surface area contributed by atoms with E-state index in [-0.39, 0.29) is 6.23 Å². The molecule has 1 heterocycles. The van der Waals surface area contributed by atoms with E-state index in [4.69, 9.17) is 4.74 Å². The zero-order valence-electron chi connectivity index (χ0n) is 9.28. The summed E-state index contributed by atoms with van der Waals surface area (Å²) in [5, 5.41) is 7.77. The number of nitrogens with zero attached hydrogens (tertiary/aromatic N) is 3. The van der Waals surface area contributed by atoms with E-state index in [0.717, 1.165) is 18.6 Å². The number of para-hydroxylation sites is 1. The van der Waals surface area contributed by atoms with E-state index in [9.17, 15) is 0 Å². The Kier molecular flexibility index (Phi) is 3.53. The second-order valence-corrected chi connectivity index (χ2v) is 3.56. The Hall–Kier alpha value is -1.84. The Morgan fingerprint density at radius 2 is 2.12 bits per heavy atom. The average Bonchev–Trinajstić information content (AvgIpc) is 2.83. The Balaban J connectivity index is 2.09. The molecule has 1 aromatic heterocycles. The third-order valence-electron chi connectivity index (χ3n) is 2.29. The van der Waals surface area contributed by atoms with Crippen LogP contribution in [0, 0.1) is 0 Å². The van der Waals surface area contributed by atoms with Crippen LogP contribution in [0.25, 0.3) is 0 Å². The van der Waals surface area contributed by atoms with E-state index < -0.39 is 0 Å². The van der Waals surface area contributed by atoms with Crippen LogP contribution in [0.1, 0.15) is 26.0 Å². The van der Waals surface area contributed by atoms with Crippen LogP contribution in [-0.2, 0) is 0 Å². The van der Waals surface area contributed by atoms with E-state index in [1.807, 2.05) is 36.5 Å². The zero-order valence-corrected chi connectivity index (χ0v) is 9.28. The summed E-state index contributed by atoms with van der Waals surface area (Å²) in [5.41, 5.74) is 0. The van der Waals surface area contributed by atoms with Crippen molar-refractivity contribution in [2.24, 2.45) is 0 Å². The molecule has 0 saturated heterocycles. The maximum absolute atomic E-state index is 5.86. The molecule has 2 aromatic rings. The second kappa shape index (κ2) is 5.30. The molecule has 84 valence electrons. The fourth-order valence-corrected chi connectivity index (χ4v) is 1.52. The Morgan fingerprint density at radius 3 is 2.75 bits per heavy atom. The molecule has 0 N–H and O–H groups in total. The quantitative estimate of drug-likeness (QED) is 0.773. The van der Waals surface area contributed by atoms with Crippen LogP contribution < -0.4 is 4.74 Å². The van der Waals surface area contributed by atoms with Crippen molar-refractivity contribution in [3.8, 4) is 5.75 Å². The van der Waals surface area contributed by atoms with Crippen molar-refractivity contribution >= 4 is 0 Å². The van der Waals surface area contributed by atoms with E-state index in [1.54, 1.807) is 10.9 Å². The summed E-state index contributed by atoms with van der Waals surface area (Å²) in [4.78, 5) is 0. The maximum Gasteiger partial charge on any atom is 0.193 e. The van der Waals surface area contributed by atoms with Gasteiger partial charge in [0.1, 0.15) is 5.75 Å². The zero-order chi connectivity index (χ0) is 11.2. The van der Waals surface area contributed by atoms with Gasteiger partial charge in [0.2, 0.25) is 0 Å². The molecular weight excluding hydrogens is 202 g/mol. The van der Waals surface area contributed by atoms with Crippen molar-refractivity contribution < 1.29 is 4.74 Å². The standard InChI is InChI=1S/C12H15N3O/c1-2-6-12(15-10-9-13-14-15)16-11-7-4-3-5-8-11/h3-5,7-10,12H,2,6H2,1H3. The molecule has 0 amide bonds. The normalized spacial score (nSPS) is 12.3. The summed E-state index contributed by atoms with van der Waals surface area (Å²) in [6.07, 6.45) is 5.37. The van der Waals surface area contributed by atoms with Crippen molar-refractivity contribution in [3.05, 3.63) is 42.7 Å². The maximum atomic E-state index is 5.86. The first-order valence-electron chi connectivity index (χ1n) is 5.47. The van der Waals surface area contributed by atoms with Crippen LogP contribution >= 0.6 is 0 Å². The minimum absolute atomic E-state index is 0.0742. The molecule has 0 aliphatic carbocycles. The number of hydrogen-bond acceptors (Lipinski definition) is 3.